The molecule has 2 unspecified atom stereocenters. The van der Waals surface area contributed by atoms with Gasteiger partial charge in [0.15, 0.2) is 0 Å². The highest BCUT2D eigenvalue weighted by molar-refractivity contribution is 9.11. The van der Waals surface area contributed by atoms with Gasteiger partial charge in [0.1, 0.15) is 0 Å². The molecule has 0 aliphatic rings. The summed E-state index contributed by atoms with van der Waals surface area (Å²) in [6, 6.07) is 4.32. The molecular formula is C11H18BrNS. The molecule has 0 bridgehead atoms. The Hall–Kier alpha value is 0.140. The van der Waals surface area contributed by atoms with Crippen LogP contribution in [0.15, 0.2) is 15.9 Å². The van der Waals surface area contributed by atoms with Crippen LogP contribution in [0.5, 0.6) is 0 Å². The third-order valence-corrected chi connectivity index (χ3v) is 4.55. The monoisotopic (exact) mass is 275 g/mol. The van der Waals surface area contributed by atoms with Crippen LogP contribution < -0.4 is 5.73 Å². The molecular weight excluding hydrogens is 258 g/mol. The Labute approximate surface area is 98.8 Å². The summed E-state index contributed by atoms with van der Waals surface area (Å²) >= 11 is 5.19. The zero-order chi connectivity index (χ0) is 10.9. The van der Waals surface area contributed by atoms with E-state index in [9.17, 15) is 0 Å². The first-order chi connectivity index (χ1) is 6.32. The normalized spacial score (nSPS) is 16.7. The van der Waals surface area contributed by atoms with Crippen molar-refractivity contribution in [1.82, 2.24) is 0 Å². The minimum absolute atomic E-state index is 0.145. The van der Waals surface area contributed by atoms with Gasteiger partial charge in [-0.05, 0) is 39.4 Å². The molecule has 1 rings (SSSR count). The number of halogens is 1. The smallest absolute Gasteiger partial charge is 0.0701 e. The average molecular weight is 276 g/mol. The fraction of sp³-hybridized carbons (Fsp3) is 0.636. The Morgan fingerprint density at radius 3 is 2.29 bits per heavy atom. The quantitative estimate of drug-likeness (QED) is 0.861. The van der Waals surface area contributed by atoms with Gasteiger partial charge in [0, 0.05) is 10.9 Å². The van der Waals surface area contributed by atoms with Gasteiger partial charge in [-0.2, -0.15) is 0 Å². The summed E-state index contributed by atoms with van der Waals surface area (Å²) in [4.78, 5) is 1.26. The van der Waals surface area contributed by atoms with Gasteiger partial charge in [-0.25, -0.2) is 0 Å². The van der Waals surface area contributed by atoms with E-state index in [1.807, 2.05) is 0 Å². The fourth-order valence-electron chi connectivity index (χ4n) is 1.29. The third-order valence-electron chi connectivity index (χ3n) is 2.83. The summed E-state index contributed by atoms with van der Waals surface area (Å²) in [5, 5.41) is 0. The van der Waals surface area contributed by atoms with Crippen LogP contribution in [0.1, 0.15) is 38.6 Å². The molecule has 80 valence electrons. The molecule has 0 aliphatic carbocycles. The fourth-order valence-corrected chi connectivity index (χ4v) is 2.82. The van der Waals surface area contributed by atoms with Crippen LogP contribution in [-0.4, -0.2) is 0 Å². The van der Waals surface area contributed by atoms with Crippen LogP contribution in [0.25, 0.3) is 0 Å². The van der Waals surface area contributed by atoms with Crippen LogP contribution in [0.2, 0.25) is 0 Å². The minimum Gasteiger partial charge on any atom is -0.323 e. The molecule has 0 spiro atoms. The summed E-state index contributed by atoms with van der Waals surface area (Å²) in [7, 11) is 0. The highest BCUT2D eigenvalue weighted by atomic mass is 79.9. The topological polar surface area (TPSA) is 26.0 Å². The van der Waals surface area contributed by atoms with E-state index in [0.717, 1.165) is 3.79 Å². The number of nitrogens with two attached hydrogens (primary N) is 1. The second kappa shape index (κ2) is 4.33. The molecule has 1 aromatic rings. The average Bonchev–Trinajstić information content (AvgIpc) is 2.47. The van der Waals surface area contributed by atoms with Gasteiger partial charge >= 0.3 is 0 Å². The predicted molar refractivity (Wildman–Crippen MR) is 67.6 cm³/mol. The lowest BCUT2D eigenvalue weighted by Gasteiger charge is -2.31. The van der Waals surface area contributed by atoms with Gasteiger partial charge in [-0.15, -0.1) is 11.3 Å². The van der Waals surface area contributed by atoms with Gasteiger partial charge < -0.3 is 5.73 Å². The third kappa shape index (κ3) is 2.81. The van der Waals surface area contributed by atoms with Gasteiger partial charge in [0.2, 0.25) is 0 Å². The molecule has 1 aromatic heterocycles. The predicted octanol–water partition coefficient (Wildman–Crippen LogP) is 4.19. The Bertz CT molecular complexity index is 300. The van der Waals surface area contributed by atoms with Crippen molar-refractivity contribution < 1.29 is 0 Å². The molecule has 0 amide bonds. The number of thiophene rings is 1. The summed E-state index contributed by atoms with van der Waals surface area (Å²) in [6.45, 7) is 8.93. The molecule has 3 heteroatoms. The van der Waals surface area contributed by atoms with Gasteiger partial charge in [0.25, 0.3) is 0 Å². The Kier molecular flexibility index (Phi) is 3.78. The number of hydrogen-bond donors (Lipinski definition) is 1. The molecule has 1 heterocycles. The van der Waals surface area contributed by atoms with Crippen LogP contribution in [-0.2, 0) is 0 Å². The van der Waals surface area contributed by atoms with Gasteiger partial charge in [-0.3, -0.25) is 0 Å². The Morgan fingerprint density at radius 2 is 1.93 bits per heavy atom. The highest BCUT2D eigenvalue weighted by Gasteiger charge is 2.27. The summed E-state index contributed by atoms with van der Waals surface area (Å²) in [6.07, 6.45) is 0. The van der Waals surface area contributed by atoms with E-state index in [0.29, 0.717) is 5.92 Å². The lowest BCUT2D eigenvalue weighted by Crippen LogP contribution is -2.28. The van der Waals surface area contributed by atoms with Crippen molar-refractivity contribution in [2.45, 2.75) is 33.7 Å². The van der Waals surface area contributed by atoms with Crippen molar-refractivity contribution in [2.24, 2.45) is 17.1 Å². The summed E-state index contributed by atoms with van der Waals surface area (Å²) in [5.41, 5.74) is 6.49. The van der Waals surface area contributed by atoms with E-state index < -0.39 is 0 Å². The van der Waals surface area contributed by atoms with Crippen molar-refractivity contribution in [3.63, 3.8) is 0 Å². The molecule has 0 saturated carbocycles. The van der Waals surface area contributed by atoms with Crippen molar-refractivity contribution >= 4 is 27.3 Å². The molecule has 2 N–H and O–H groups in total. The molecule has 0 radical (unpaired) electrons. The first-order valence-electron chi connectivity index (χ1n) is 4.83. The number of rotatable bonds is 2. The van der Waals surface area contributed by atoms with Crippen LogP contribution in [0.3, 0.4) is 0 Å². The van der Waals surface area contributed by atoms with E-state index in [1.165, 1.54) is 4.88 Å². The molecule has 0 saturated heterocycles. The Balaban J connectivity index is 2.80. The summed E-state index contributed by atoms with van der Waals surface area (Å²) < 4.78 is 1.16. The van der Waals surface area contributed by atoms with E-state index in [1.54, 1.807) is 11.3 Å². The lowest BCUT2D eigenvalue weighted by molar-refractivity contribution is 0.224. The second-order valence-electron chi connectivity index (χ2n) is 4.82. The maximum atomic E-state index is 6.23. The molecule has 0 aromatic carbocycles. The maximum Gasteiger partial charge on any atom is 0.0701 e. The van der Waals surface area contributed by atoms with E-state index >= 15 is 0 Å². The summed E-state index contributed by atoms with van der Waals surface area (Å²) in [5.74, 6) is 0.480. The van der Waals surface area contributed by atoms with E-state index in [2.05, 4.69) is 55.8 Å². The van der Waals surface area contributed by atoms with Crippen molar-refractivity contribution in [3.8, 4) is 0 Å². The molecule has 2 atom stereocenters. The molecule has 0 aliphatic heterocycles. The van der Waals surface area contributed by atoms with Crippen molar-refractivity contribution in [1.29, 1.82) is 0 Å². The van der Waals surface area contributed by atoms with Crippen LogP contribution >= 0.6 is 27.3 Å². The van der Waals surface area contributed by atoms with Crippen LogP contribution in [0, 0.1) is 11.3 Å². The van der Waals surface area contributed by atoms with Gasteiger partial charge in [-0.1, -0.05) is 27.7 Å². The number of hydrogen-bond acceptors (Lipinski definition) is 2. The molecule has 14 heavy (non-hydrogen) atoms. The SMILES string of the molecule is CC(C(N)c1ccc(Br)s1)C(C)(C)C. The largest absolute Gasteiger partial charge is 0.323 e. The Morgan fingerprint density at radius 1 is 1.36 bits per heavy atom. The zero-order valence-corrected chi connectivity index (χ0v) is 11.6. The molecule has 0 fully saturated rings. The van der Waals surface area contributed by atoms with E-state index in [4.69, 9.17) is 5.73 Å². The standard InChI is InChI=1S/C11H18BrNS/c1-7(11(2,3)4)10(13)8-5-6-9(12)14-8/h5-7,10H,13H2,1-4H3. The van der Waals surface area contributed by atoms with Crippen LogP contribution in [0.4, 0.5) is 0 Å². The molecule has 1 nitrogen and oxygen atoms in total. The zero-order valence-electron chi connectivity index (χ0n) is 9.17. The van der Waals surface area contributed by atoms with E-state index in [-0.39, 0.29) is 11.5 Å². The second-order valence-corrected chi connectivity index (χ2v) is 7.32. The van der Waals surface area contributed by atoms with Crippen molar-refractivity contribution in [2.75, 3.05) is 0 Å². The first kappa shape index (κ1) is 12.2. The highest BCUT2D eigenvalue weighted by Crippen LogP contribution is 2.37. The first-order valence-corrected chi connectivity index (χ1v) is 6.44. The maximum absolute atomic E-state index is 6.23. The van der Waals surface area contributed by atoms with Crippen molar-refractivity contribution in [3.05, 3.63) is 20.8 Å². The lowest BCUT2D eigenvalue weighted by atomic mass is 9.77. The minimum atomic E-state index is 0.145. The van der Waals surface area contributed by atoms with Gasteiger partial charge in [0.05, 0.1) is 3.79 Å².